The molecule has 0 aromatic rings. The maximum atomic E-state index is 5.44. The van der Waals surface area contributed by atoms with Gasteiger partial charge in [-0.1, -0.05) is 19.3 Å². The Hall–Kier alpha value is 0.210. The molecule has 0 heterocycles. The Balaban J connectivity index is 1.68. The lowest BCUT2D eigenvalue weighted by Crippen LogP contribution is -2.14. The fourth-order valence-corrected chi connectivity index (χ4v) is 1.52. The quantitative estimate of drug-likeness (QED) is 0.449. The molecule has 1 fully saturated rings. The van der Waals surface area contributed by atoms with Gasteiger partial charge in [0.1, 0.15) is 0 Å². The van der Waals surface area contributed by atoms with Crippen LogP contribution in [0.25, 0.3) is 0 Å². The second-order valence-corrected chi connectivity index (χ2v) is 3.88. The predicted octanol–water partition coefficient (Wildman–Crippen LogP) is 2.45. The highest BCUT2D eigenvalue weighted by atomic mass is 35.5. The Morgan fingerprint density at radius 2 is 1.69 bits per heavy atom. The van der Waals surface area contributed by atoms with Gasteiger partial charge in [0.25, 0.3) is 0 Å². The Kier molecular flexibility index (Phi) is 6.60. The molecule has 0 unspecified atom stereocenters. The van der Waals surface area contributed by atoms with E-state index >= 15 is 0 Å². The van der Waals surface area contributed by atoms with Crippen LogP contribution >= 0.6 is 11.6 Å². The summed E-state index contributed by atoms with van der Waals surface area (Å²) in [6, 6.07) is 0. The van der Waals surface area contributed by atoms with Gasteiger partial charge in [0, 0.05) is 12.5 Å². The lowest BCUT2D eigenvalue weighted by Gasteiger charge is -2.24. The van der Waals surface area contributed by atoms with Gasteiger partial charge in [0.2, 0.25) is 0 Å². The average Bonchev–Trinajstić information content (AvgIpc) is 2.07. The van der Waals surface area contributed by atoms with Crippen LogP contribution in [-0.2, 0) is 9.47 Å². The second kappa shape index (κ2) is 7.60. The summed E-state index contributed by atoms with van der Waals surface area (Å²) in [5, 5.41) is 0. The summed E-state index contributed by atoms with van der Waals surface area (Å²) in [6.45, 7) is 2.92. The summed E-state index contributed by atoms with van der Waals surface area (Å²) < 4.78 is 10.6. The van der Waals surface area contributed by atoms with Gasteiger partial charge < -0.3 is 9.47 Å². The van der Waals surface area contributed by atoms with Gasteiger partial charge in [0.05, 0.1) is 19.8 Å². The molecule has 0 aromatic carbocycles. The molecular weight excluding hydrogens is 188 g/mol. The van der Waals surface area contributed by atoms with Gasteiger partial charge in [-0.2, -0.15) is 0 Å². The summed E-state index contributed by atoms with van der Waals surface area (Å²) in [4.78, 5) is 0. The number of ether oxygens (including phenoxy) is 2. The molecule has 0 saturated heterocycles. The normalized spacial score (nSPS) is 17.3. The molecular formula is C10H19ClO2. The van der Waals surface area contributed by atoms with Crippen molar-refractivity contribution in [2.24, 2.45) is 5.92 Å². The van der Waals surface area contributed by atoms with Gasteiger partial charge >= 0.3 is 0 Å². The monoisotopic (exact) mass is 206 g/mol. The Bertz CT molecular complexity index is 115. The predicted molar refractivity (Wildman–Crippen MR) is 54.3 cm³/mol. The largest absolute Gasteiger partial charge is 0.379 e. The van der Waals surface area contributed by atoms with Crippen LogP contribution in [-0.4, -0.2) is 32.3 Å². The molecule has 0 radical (unpaired) electrons. The van der Waals surface area contributed by atoms with E-state index in [2.05, 4.69) is 0 Å². The van der Waals surface area contributed by atoms with Crippen molar-refractivity contribution in [2.45, 2.75) is 25.7 Å². The molecule has 13 heavy (non-hydrogen) atoms. The molecule has 1 aliphatic rings. The van der Waals surface area contributed by atoms with Gasteiger partial charge in [-0.3, -0.25) is 0 Å². The first-order valence-electron chi connectivity index (χ1n) is 5.15. The minimum absolute atomic E-state index is 0.572. The molecule has 1 rings (SSSR count). The molecule has 0 spiro atoms. The molecule has 0 atom stereocenters. The highest BCUT2D eigenvalue weighted by molar-refractivity contribution is 6.17. The summed E-state index contributed by atoms with van der Waals surface area (Å²) >= 11 is 5.44. The van der Waals surface area contributed by atoms with Crippen LogP contribution in [0.5, 0.6) is 0 Å². The van der Waals surface area contributed by atoms with Gasteiger partial charge in [-0.25, -0.2) is 0 Å². The molecule has 0 aliphatic heterocycles. The van der Waals surface area contributed by atoms with E-state index in [1.54, 1.807) is 0 Å². The maximum Gasteiger partial charge on any atom is 0.0701 e. The average molecular weight is 207 g/mol. The number of alkyl halides is 1. The number of rotatable bonds is 8. The van der Waals surface area contributed by atoms with Crippen LogP contribution < -0.4 is 0 Å². The lowest BCUT2D eigenvalue weighted by molar-refractivity contribution is 0.0438. The third kappa shape index (κ3) is 5.50. The zero-order valence-electron chi connectivity index (χ0n) is 8.14. The highest BCUT2D eigenvalue weighted by Crippen LogP contribution is 2.28. The van der Waals surface area contributed by atoms with Crippen LogP contribution in [0.3, 0.4) is 0 Å². The number of hydrogen-bond acceptors (Lipinski definition) is 2. The van der Waals surface area contributed by atoms with Crippen LogP contribution in [0.4, 0.5) is 0 Å². The van der Waals surface area contributed by atoms with E-state index in [0.717, 1.165) is 12.5 Å². The minimum atomic E-state index is 0.572. The first-order chi connectivity index (χ1) is 6.43. The topological polar surface area (TPSA) is 18.5 Å². The van der Waals surface area contributed by atoms with Gasteiger partial charge in [-0.05, 0) is 12.3 Å². The summed E-state index contributed by atoms with van der Waals surface area (Å²) in [7, 11) is 0. The summed E-state index contributed by atoms with van der Waals surface area (Å²) in [5.74, 6) is 1.52. The van der Waals surface area contributed by atoms with E-state index in [4.69, 9.17) is 21.1 Å². The van der Waals surface area contributed by atoms with Crippen LogP contribution in [0.2, 0.25) is 0 Å². The molecule has 0 bridgehead atoms. The third-order valence-electron chi connectivity index (χ3n) is 2.49. The lowest BCUT2D eigenvalue weighted by atomic mass is 9.83. The second-order valence-electron chi connectivity index (χ2n) is 3.50. The Morgan fingerprint density at radius 1 is 1.00 bits per heavy atom. The van der Waals surface area contributed by atoms with E-state index in [9.17, 15) is 0 Å². The van der Waals surface area contributed by atoms with E-state index < -0.39 is 0 Å². The van der Waals surface area contributed by atoms with Gasteiger partial charge in [-0.15, -0.1) is 11.6 Å². The van der Waals surface area contributed by atoms with Crippen molar-refractivity contribution in [1.29, 1.82) is 0 Å². The Labute approximate surface area is 85.5 Å². The molecule has 3 heteroatoms. The standard InChI is InChI=1S/C10H19ClO2/c11-5-7-13-9-8-12-6-4-10-2-1-3-10/h10H,1-9H2. The smallest absolute Gasteiger partial charge is 0.0701 e. The van der Waals surface area contributed by atoms with Crippen LogP contribution in [0, 0.1) is 5.92 Å². The molecule has 0 N–H and O–H groups in total. The highest BCUT2D eigenvalue weighted by Gasteiger charge is 2.16. The van der Waals surface area contributed by atoms with Crippen LogP contribution in [0.15, 0.2) is 0 Å². The minimum Gasteiger partial charge on any atom is -0.379 e. The van der Waals surface area contributed by atoms with Crippen molar-refractivity contribution in [1.82, 2.24) is 0 Å². The van der Waals surface area contributed by atoms with E-state index in [-0.39, 0.29) is 0 Å². The Morgan fingerprint density at radius 3 is 2.23 bits per heavy atom. The summed E-state index contributed by atoms with van der Waals surface area (Å²) in [6.07, 6.45) is 5.47. The zero-order chi connectivity index (χ0) is 9.36. The zero-order valence-corrected chi connectivity index (χ0v) is 8.89. The summed E-state index contributed by atoms with van der Waals surface area (Å²) in [5.41, 5.74) is 0. The van der Waals surface area contributed by atoms with Crippen molar-refractivity contribution in [2.75, 3.05) is 32.3 Å². The first-order valence-corrected chi connectivity index (χ1v) is 5.68. The van der Waals surface area contributed by atoms with E-state index in [1.807, 2.05) is 0 Å². The van der Waals surface area contributed by atoms with Crippen molar-refractivity contribution < 1.29 is 9.47 Å². The van der Waals surface area contributed by atoms with Crippen molar-refractivity contribution >= 4 is 11.6 Å². The molecule has 1 aliphatic carbocycles. The number of hydrogen-bond donors (Lipinski definition) is 0. The molecule has 78 valence electrons. The fourth-order valence-electron chi connectivity index (χ4n) is 1.41. The first kappa shape index (κ1) is 11.3. The fraction of sp³-hybridized carbons (Fsp3) is 1.00. The third-order valence-corrected chi connectivity index (χ3v) is 2.64. The van der Waals surface area contributed by atoms with Crippen molar-refractivity contribution in [3.63, 3.8) is 0 Å². The van der Waals surface area contributed by atoms with Gasteiger partial charge in [0.15, 0.2) is 0 Å². The van der Waals surface area contributed by atoms with Crippen molar-refractivity contribution in [3.8, 4) is 0 Å². The molecule has 0 aromatic heterocycles. The maximum absolute atomic E-state index is 5.44. The molecule has 1 saturated carbocycles. The van der Waals surface area contributed by atoms with Crippen molar-refractivity contribution in [3.05, 3.63) is 0 Å². The number of halogens is 1. The van der Waals surface area contributed by atoms with Crippen LogP contribution in [0.1, 0.15) is 25.7 Å². The molecule has 0 amide bonds. The van der Waals surface area contributed by atoms with E-state index in [0.29, 0.717) is 25.7 Å². The van der Waals surface area contributed by atoms with E-state index in [1.165, 1.54) is 25.7 Å². The molecule has 2 nitrogen and oxygen atoms in total. The SMILES string of the molecule is ClCCOCCOCCC1CCC1.